The lowest BCUT2D eigenvalue weighted by atomic mass is 10.1. The number of methoxy groups -OCH3 is 1. The lowest BCUT2D eigenvalue weighted by Crippen LogP contribution is -2.05. The Morgan fingerprint density at radius 1 is 1.44 bits per heavy atom. The molecule has 0 radical (unpaired) electrons. The minimum absolute atomic E-state index is 0.766. The van der Waals surface area contributed by atoms with Gasteiger partial charge in [0.2, 0.25) is 0 Å². The van der Waals surface area contributed by atoms with Crippen LogP contribution in [0.5, 0.6) is 5.75 Å². The molecule has 0 aliphatic heterocycles. The number of benzene rings is 1. The van der Waals surface area contributed by atoms with Gasteiger partial charge in [0.1, 0.15) is 10.9 Å². The standard InChI is InChI=1S/C12H15ClN2O/c1-14-7-10-9-5-4-8(16-3)6-11(9)15(2)12(10)13/h4-6,14H,7H2,1-3H3. The number of hydrogen-bond donors (Lipinski definition) is 1. The molecule has 0 fully saturated rings. The highest BCUT2D eigenvalue weighted by Crippen LogP contribution is 2.31. The molecule has 1 heterocycles. The van der Waals surface area contributed by atoms with Crippen molar-refractivity contribution in [1.29, 1.82) is 0 Å². The number of aromatic nitrogens is 1. The second-order valence-electron chi connectivity index (χ2n) is 3.74. The lowest BCUT2D eigenvalue weighted by molar-refractivity contribution is 0.415. The number of hydrogen-bond acceptors (Lipinski definition) is 2. The van der Waals surface area contributed by atoms with Crippen molar-refractivity contribution in [2.75, 3.05) is 14.2 Å². The van der Waals surface area contributed by atoms with Crippen LogP contribution < -0.4 is 10.1 Å². The van der Waals surface area contributed by atoms with Gasteiger partial charge in [0, 0.05) is 30.6 Å². The summed E-state index contributed by atoms with van der Waals surface area (Å²) in [6.45, 7) is 0.766. The fourth-order valence-electron chi connectivity index (χ4n) is 1.94. The maximum atomic E-state index is 6.29. The Morgan fingerprint density at radius 2 is 2.19 bits per heavy atom. The van der Waals surface area contributed by atoms with Gasteiger partial charge in [-0.3, -0.25) is 0 Å². The number of nitrogens with zero attached hydrogens (tertiary/aromatic N) is 1. The highest BCUT2D eigenvalue weighted by molar-refractivity contribution is 6.32. The predicted molar refractivity (Wildman–Crippen MR) is 67.2 cm³/mol. The fourth-order valence-corrected chi connectivity index (χ4v) is 2.20. The van der Waals surface area contributed by atoms with Gasteiger partial charge in [0.15, 0.2) is 0 Å². The Hall–Kier alpha value is -1.19. The Morgan fingerprint density at radius 3 is 2.81 bits per heavy atom. The molecular weight excluding hydrogens is 224 g/mol. The molecule has 2 aromatic rings. The molecule has 0 aliphatic carbocycles. The average Bonchev–Trinajstić information content (AvgIpc) is 2.54. The topological polar surface area (TPSA) is 26.2 Å². The quantitative estimate of drug-likeness (QED) is 0.890. The van der Waals surface area contributed by atoms with E-state index in [0.29, 0.717) is 0 Å². The second kappa shape index (κ2) is 4.36. The molecule has 0 aliphatic rings. The zero-order valence-electron chi connectivity index (χ0n) is 9.67. The molecule has 16 heavy (non-hydrogen) atoms. The summed E-state index contributed by atoms with van der Waals surface area (Å²) in [6.07, 6.45) is 0. The Labute approximate surface area is 100.0 Å². The average molecular weight is 239 g/mol. The summed E-state index contributed by atoms with van der Waals surface area (Å²) in [5.41, 5.74) is 2.22. The first-order chi connectivity index (χ1) is 7.69. The van der Waals surface area contributed by atoms with Crippen molar-refractivity contribution in [3.63, 3.8) is 0 Å². The smallest absolute Gasteiger partial charge is 0.120 e. The highest BCUT2D eigenvalue weighted by Gasteiger charge is 2.13. The van der Waals surface area contributed by atoms with Crippen LogP contribution in [0.2, 0.25) is 5.15 Å². The highest BCUT2D eigenvalue weighted by atomic mass is 35.5. The number of fused-ring (bicyclic) bond motifs is 1. The van der Waals surface area contributed by atoms with E-state index in [1.54, 1.807) is 7.11 Å². The zero-order valence-corrected chi connectivity index (χ0v) is 10.4. The maximum absolute atomic E-state index is 6.29. The zero-order chi connectivity index (χ0) is 11.7. The van der Waals surface area contributed by atoms with E-state index in [0.717, 1.165) is 28.5 Å². The van der Waals surface area contributed by atoms with Gasteiger partial charge in [0.25, 0.3) is 0 Å². The summed E-state index contributed by atoms with van der Waals surface area (Å²) in [7, 11) is 5.54. The molecule has 0 unspecified atom stereocenters. The monoisotopic (exact) mass is 238 g/mol. The van der Waals surface area contributed by atoms with E-state index in [1.807, 2.05) is 36.9 Å². The first-order valence-corrected chi connectivity index (χ1v) is 5.52. The van der Waals surface area contributed by atoms with Gasteiger partial charge >= 0.3 is 0 Å². The van der Waals surface area contributed by atoms with Crippen LogP contribution >= 0.6 is 11.6 Å². The van der Waals surface area contributed by atoms with Crippen LogP contribution in [-0.4, -0.2) is 18.7 Å². The van der Waals surface area contributed by atoms with E-state index in [-0.39, 0.29) is 0 Å². The van der Waals surface area contributed by atoms with Crippen molar-refractivity contribution in [3.8, 4) is 5.75 Å². The predicted octanol–water partition coefficient (Wildman–Crippen LogP) is 2.56. The van der Waals surface area contributed by atoms with Crippen LogP contribution in [0.25, 0.3) is 10.9 Å². The molecule has 0 atom stereocenters. The summed E-state index contributed by atoms with van der Waals surface area (Å²) in [4.78, 5) is 0. The van der Waals surface area contributed by atoms with Gasteiger partial charge in [-0.15, -0.1) is 0 Å². The van der Waals surface area contributed by atoms with Crippen LogP contribution in [0.3, 0.4) is 0 Å². The lowest BCUT2D eigenvalue weighted by Gasteiger charge is -2.01. The Bertz CT molecular complexity index is 519. The molecule has 1 aromatic heterocycles. The van der Waals surface area contributed by atoms with Gasteiger partial charge in [-0.1, -0.05) is 11.6 Å². The van der Waals surface area contributed by atoms with Gasteiger partial charge in [-0.2, -0.15) is 0 Å². The minimum atomic E-state index is 0.766. The molecule has 0 saturated heterocycles. The first kappa shape index (κ1) is 11.3. The first-order valence-electron chi connectivity index (χ1n) is 5.14. The number of nitrogens with one attached hydrogen (secondary N) is 1. The molecule has 0 amide bonds. The van der Waals surface area contributed by atoms with Crippen molar-refractivity contribution in [2.24, 2.45) is 7.05 Å². The van der Waals surface area contributed by atoms with E-state index in [1.165, 1.54) is 5.39 Å². The molecule has 0 saturated carbocycles. The largest absolute Gasteiger partial charge is 0.497 e. The van der Waals surface area contributed by atoms with Crippen LogP contribution in [0.15, 0.2) is 18.2 Å². The van der Waals surface area contributed by atoms with Gasteiger partial charge in [-0.05, 0) is 19.2 Å². The molecular formula is C12H15ClN2O. The molecule has 2 rings (SSSR count). The van der Waals surface area contributed by atoms with Crippen LogP contribution in [-0.2, 0) is 13.6 Å². The Kier molecular flexibility index (Phi) is 3.08. The van der Waals surface area contributed by atoms with E-state index in [4.69, 9.17) is 16.3 Å². The van der Waals surface area contributed by atoms with Crippen molar-refractivity contribution >= 4 is 22.5 Å². The van der Waals surface area contributed by atoms with E-state index >= 15 is 0 Å². The number of ether oxygens (including phenoxy) is 1. The van der Waals surface area contributed by atoms with Crippen molar-refractivity contribution < 1.29 is 4.74 Å². The summed E-state index contributed by atoms with van der Waals surface area (Å²) in [5.74, 6) is 0.848. The molecule has 86 valence electrons. The Balaban J connectivity index is 2.69. The number of halogens is 1. The van der Waals surface area contributed by atoms with E-state index in [2.05, 4.69) is 5.32 Å². The molecule has 1 aromatic carbocycles. The van der Waals surface area contributed by atoms with Gasteiger partial charge in [0.05, 0.1) is 12.6 Å². The van der Waals surface area contributed by atoms with Crippen LogP contribution in [0.4, 0.5) is 0 Å². The fraction of sp³-hybridized carbons (Fsp3) is 0.333. The van der Waals surface area contributed by atoms with E-state index < -0.39 is 0 Å². The van der Waals surface area contributed by atoms with Crippen molar-refractivity contribution in [2.45, 2.75) is 6.54 Å². The molecule has 4 heteroatoms. The SMILES string of the molecule is CNCc1c(Cl)n(C)c2cc(OC)ccc12. The number of rotatable bonds is 3. The van der Waals surface area contributed by atoms with Crippen molar-refractivity contribution in [1.82, 2.24) is 9.88 Å². The van der Waals surface area contributed by atoms with Crippen molar-refractivity contribution in [3.05, 3.63) is 28.9 Å². The third-order valence-electron chi connectivity index (χ3n) is 2.79. The summed E-state index contributed by atoms with van der Waals surface area (Å²) in [5, 5.41) is 5.07. The molecule has 0 spiro atoms. The van der Waals surface area contributed by atoms with E-state index in [9.17, 15) is 0 Å². The van der Waals surface area contributed by atoms with Gasteiger partial charge in [-0.25, -0.2) is 0 Å². The summed E-state index contributed by atoms with van der Waals surface area (Å²) < 4.78 is 7.19. The molecule has 0 bridgehead atoms. The normalized spacial score (nSPS) is 11.0. The summed E-state index contributed by atoms with van der Waals surface area (Å²) >= 11 is 6.29. The third-order valence-corrected chi connectivity index (χ3v) is 3.27. The minimum Gasteiger partial charge on any atom is -0.497 e. The third kappa shape index (κ3) is 1.66. The van der Waals surface area contributed by atoms with Crippen LogP contribution in [0, 0.1) is 0 Å². The summed E-state index contributed by atoms with van der Waals surface area (Å²) in [6, 6.07) is 6.00. The van der Waals surface area contributed by atoms with Gasteiger partial charge < -0.3 is 14.6 Å². The number of aryl methyl sites for hydroxylation is 1. The maximum Gasteiger partial charge on any atom is 0.120 e. The molecule has 1 N–H and O–H groups in total. The second-order valence-corrected chi connectivity index (χ2v) is 4.10. The molecule has 3 nitrogen and oxygen atoms in total. The van der Waals surface area contributed by atoms with Crippen LogP contribution in [0.1, 0.15) is 5.56 Å².